The Morgan fingerprint density at radius 3 is 2.75 bits per heavy atom. The SMILES string of the molecule is CCc1cn(Cc2cccc(C(=O)O)c2)c(=O)[nH]c1=O. The van der Waals surface area contributed by atoms with Crippen LogP contribution >= 0.6 is 0 Å². The highest BCUT2D eigenvalue weighted by Gasteiger charge is 2.06. The third-order valence-electron chi connectivity index (χ3n) is 2.99. The molecule has 0 aliphatic carbocycles. The van der Waals surface area contributed by atoms with Crippen LogP contribution in [0.3, 0.4) is 0 Å². The molecular weight excluding hydrogens is 260 g/mol. The molecular formula is C14H14N2O4. The van der Waals surface area contributed by atoms with Crippen molar-refractivity contribution in [2.75, 3.05) is 0 Å². The Kier molecular flexibility index (Phi) is 3.84. The molecule has 0 unspecified atom stereocenters. The van der Waals surface area contributed by atoms with E-state index in [2.05, 4.69) is 4.98 Å². The fourth-order valence-corrected chi connectivity index (χ4v) is 1.92. The van der Waals surface area contributed by atoms with Crippen LogP contribution in [0.1, 0.15) is 28.4 Å². The Bertz CT molecular complexity index is 758. The molecule has 6 nitrogen and oxygen atoms in total. The van der Waals surface area contributed by atoms with Crippen LogP contribution in [0.5, 0.6) is 0 Å². The van der Waals surface area contributed by atoms with E-state index in [4.69, 9.17) is 5.11 Å². The molecule has 20 heavy (non-hydrogen) atoms. The van der Waals surface area contributed by atoms with Crippen molar-refractivity contribution in [2.24, 2.45) is 0 Å². The molecule has 2 rings (SSSR count). The van der Waals surface area contributed by atoms with Crippen molar-refractivity contribution < 1.29 is 9.90 Å². The number of rotatable bonds is 4. The number of hydrogen-bond donors (Lipinski definition) is 2. The third-order valence-corrected chi connectivity index (χ3v) is 2.99. The topological polar surface area (TPSA) is 92.2 Å². The van der Waals surface area contributed by atoms with Gasteiger partial charge in [-0.3, -0.25) is 14.3 Å². The predicted molar refractivity (Wildman–Crippen MR) is 73.2 cm³/mol. The van der Waals surface area contributed by atoms with Crippen LogP contribution in [0.4, 0.5) is 0 Å². The van der Waals surface area contributed by atoms with E-state index in [9.17, 15) is 14.4 Å². The van der Waals surface area contributed by atoms with Crippen molar-refractivity contribution in [2.45, 2.75) is 19.9 Å². The lowest BCUT2D eigenvalue weighted by atomic mass is 10.1. The van der Waals surface area contributed by atoms with Crippen LogP contribution in [0.2, 0.25) is 0 Å². The highest BCUT2D eigenvalue weighted by molar-refractivity contribution is 5.87. The fraction of sp³-hybridized carbons (Fsp3) is 0.214. The molecule has 6 heteroatoms. The van der Waals surface area contributed by atoms with Gasteiger partial charge in [0.25, 0.3) is 5.56 Å². The minimum Gasteiger partial charge on any atom is -0.478 e. The highest BCUT2D eigenvalue weighted by atomic mass is 16.4. The minimum absolute atomic E-state index is 0.163. The van der Waals surface area contributed by atoms with Crippen molar-refractivity contribution >= 4 is 5.97 Å². The van der Waals surface area contributed by atoms with E-state index in [-0.39, 0.29) is 17.7 Å². The summed E-state index contributed by atoms with van der Waals surface area (Å²) in [6, 6.07) is 6.34. The number of carboxylic acids is 1. The van der Waals surface area contributed by atoms with E-state index in [0.717, 1.165) is 0 Å². The highest BCUT2D eigenvalue weighted by Crippen LogP contribution is 2.06. The molecule has 0 radical (unpaired) electrons. The maximum atomic E-state index is 11.7. The fourth-order valence-electron chi connectivity index (χ4n) is 1.92. The van der Waals surface area contributed by atoms with Gasteiger partial charge in [-0.1, -0.05) is 19.1 Å². The smallest absolute Gasteiger partial charge is 0.335 e. The van der Waals surface area contributed by atoms with Gasteiger partial charge < -0.3 is 5.11 Å². The lowest BCUT2D eigenvalue weighted by molar-refractivity contribution is 0.0696. The van der Waals surface area contributed by atoms with E-state index < -0.39 is 11.7 Å². The van der Waals surface area contributed by atoms with E-state index >= 15 is 0 Å². The summed E-state index contributed by atoms with van der Waals surface area (Å²) < 4.78 is 1.36. The van der Waals surface area contributed by atoms with E-state index in [1.54, 1.807) is 12.1 Å². The first-order valence-electron chi connectivity index (χ1n) is 6.16. The average Bonchev–Trinajstić information content (AvgIpc) is 2.42. The number of nitrogens with one attached hydrogen (secondary N) is 1. The van der Waals surface area contributed by atoms with Crippen LogP contribution in [-0.4, -0.2) is 20.6 Å². The minimum atomic E-state index is -1.02. The van der Waals surface area contributed by atoms with Gasteiger partial charge in [-0.15, -0.1) is 0 Å². The summed E-state index contributed by atoms with van der Waals surface area (Å²) in [5.74, 6) is -1.02. The maximum Gasteiger partial charge on any atom is 0.335 e. The Hall–Kier alpha value is -2.63. The van der Waals surface area contributed by atoms with Crippen molar-refractivity contribution in [3.63, 3.8) is 0 Å². The Morgan fingerprint density at radius 2 is 2.10 bits per heavy atom. The molecule has 104 valence electrons. The van der Waals surface area contributed by atoms with Gasteiger partial charge in [0.2, 0.25) is 0 Å². The number of carbonyl (C=O) groups is 1. The van der Waals surface area contributed by atoms with Crippen LogP contribution in [0.15, 0.2) is 40.1 Å². The zero-order valence-corrected chi connectivity index (χ0v) is 10.9. The van der Waals surface area contributed by atoms with Crippen molar-refractivity contribution in [1.29, 1.82) is 0 Å². The molecule has 0 saturated heterocycles. The lowest BCUT2D eigenvalue weighted by Crippen LogP contribution is -2.31. The molecule has 2 N–H and O–H groups in total. The molecule has 1 heterocycles. The first-order valence-corrected chi connectivity index (χ1v) is 6.16. The van der Waals surface area contributed by atoms with Gasteiger partial charge in [0.1, 0.15) is 0 Å². The summed E-state index contributed by atoms with van der Waals surface area (Å²) in [5.41, 5.74) is 0.469. The second-order valence-corrected chi connectivity index (χ2v) is 4.40. The van der Waals surface area contributed by atoms with Gasteiger partial charge in [0, 0.05) is 11.8 Å². The van der Waals surface area contributed by atoms with E-state index in [0.29, 0.717) is 17.5 Å². The molecule has 1 aromatic heterocycles. The normalized spacial score (nSPS) is 10.4. The van der Waals surface area contributed by atoms with Gasteiger partial charge in [0.05, 0.1) is 12.1 Å². The summed E-state index contributed by atoms with van der Waals surface area (Å²) in [7, 11) is 0. The number of benzene rings is 1. The molecule has 0 amide bonds. The average molecular weight is 274 g/mol. The third kappa shape index (κ3) is 2.85. The zero-order valence-electron chi connectivity index (χ0n) is 10.9. The predicted octanol–water partition coefficient (Wildman–Crippen LogP) is 0.846. The van der Waals surface area contributed by atoms with Crippen LogP contribution in [0, 0.1) is 0 Å². The van der Waals surface area contributed by atoms with E-state index in [1.165, 1.54) is 22.9 Å². The summed E-state index contributed by atoms with van der Waals surface area (Å²) in [6.07, 6.45) is 2.03. The molecule has 0 bridgehead atoms. The Labute approximate surface area is 114 Å². The number of aromatic nitrogens is 2. The second-order valence-electron chi connectivity index (χ2n) is 4.40. The number of aryl methyl sites for hydroxylation is 1. The van der Waals surface area contributed by atoms with Crippen LogP contribution < -0.4 is 11.2 Å². The number of H-pyrrole nitrogens is 1. The zero-order chi connectivity index (χ0) is 14.7. The van der Waals surface area contributed by atoms with Gasteiger partial charge in [-0.25, -0.2) is 9.59 Å². The number of hydrogen-bond acceptors (Lipinski definition) is 3. The number of nitrogens with zero attached hydrogens (tertiary/aromatic N) is 1. The number of carboxylic acid groups (broad SMARTS) is 1. The lowest BCUT2D eigenvalue weighted by Gasteiger charge is -2.07. The van der Waals surface area contributed by atoms with Crippen molar-refractivity contribution in [1.82, 2.24) is 9.55 Å². The number of aromatic carboxylic acids is 1. The summed E-state index contributed by atoms with van der Waals surface area (Å²) in [4.78, 5) is 36.3. The first kappa shape index (κ1) is 13.8. The van der Waals surface area contributed by atoms with Crippen LogP contribution in [-0.2, 0) is 13.0 Å². The standard InChI is InChI=1S/C14H14N2O4/c1-2-10-8-16(14(20)15-12(10)17)7-9-4-3-5-11(6-9)13(18)19/h3-6,8H,2,7H2,1H3,(H,18,19)(H,15,17,20). The van der Waals surface area contributed by atoms with E-state index in [1.807, 2.05) is 6.92 Å². The summed E-state index contributed by atoms with van der Waals surface area (Å²) in [6.45, 7) is 2.04. The number of aromatic amines is 1. The molecule has 0 saturated carbocycles. The molecule has 1 aromatic carbocycles. The maximum absolute atomic E-state index is 11.7. The molecule has 0 atom stereocenters. The van der Waals surface area contributed by atoms with Crippen molar-refractivity contribution in [3.8, 4) is 0 Å². The van der Waals surface area contributed by atoms with Crippen LogP contribution in [0.25, 0.3) is 0 Å². The molecule has 0 aliphatic rings. The molecule has 0 fully saturated rings. The summed E-state index contributed by atoms with van der Waals surface area (Å²) in [5, 5.41) is 8.93. The monoisotopic (exact) mass is 274 g/mol. The summed E-state index contributed by atoms with van der Waals surface area (Å²) >= 11 is 0. The molecule has 0 aliphatic heterocycles. The van der Waals surface area contributed by atoms with Gasteiger partial charge in [0.15, 0.2) is 0 Å². The van der Waals surface area contributed by atoms with Gasteiger partial charge in [-0.2, -0.15) is 0 Å². The van der Waals surface area contributed by atoms with Crippen molar-refractivity contribution in [3.05, 3.63) is 68.0 Å². The Morgan fingerprint density at radius 1 is 1.35 bits per heavy atom. The van der Waals surface area contributed by atoms with Gasteiger partial charge in [-0.05, 0) is 24.1 Å². The second kappa shape index (κ2) is 5.56. The molecule has 2 aromatic rings. The largest absolute Gasteiger partial charge is 0.478 e. The Balaban J connectivity index is 2.39. The first-order chi connectivity index (χ1) is 9.51. The van der Waals surface area contributed by atoms with Gasteiger partial charge >= 0.3 is 11.7 Å². The quantitative estimate of drug-likeness (QED) is 0.864. The molecule has 0 spiro atoms.